The SMILES string of the molecule is CCOC(=O)c1c(NC(=O)CSC2=NC(=Cc3cn(C)nc3C)C(=O)N2CC)sc2c1CCCC2. The fourth-order valence-electron chi connectivity index (χ4n) is 4.19. The number of ether oxygens (including phenoxy) is 1. The molecule has 0 unspecified atom stereocenters. The lowest BCUT2D eigenvalue weighted by Crippen LogP contribution is -2.31. The molecular formula is C24H29N5O4S2. The molecule has 0 radical (unpaired) electrons. The predicted octanol–water partition coefficient (Wildman–Crippen LogP) is 3.78. The Hall–Kier alpha value is -2.92. The number of esters is 1. The van der Waals surface area contributed by atoms with Crippen LogP contribution in [0.4, 0.5) is 5.00 Å². The maximum atomic E-state index is 12.9. The molecule has 0 aromatic carbocycles. The van der Waals surface area contributed by atoms with Gasteiger partial charge < -0.3 is 10.1 Å². The average Bonchev–Trinajstić information content (AvgIpc) is 3.44. The molecule has 0 saturated heterocycles. The van der Waals surface area contributed by atoms with E-state index in [9.17, 15) is 14.4 Å². The minimum absolute atomic E-state index is 0.0621. The van der Waals surface area contributed by atoms with Crippen LogP contribution in [0.15, 0.2) is 16.9 Å². The van der Waals surface area contributed by atoms with E-state index in [4.69, 9.17) is 4.74 Å². The van der Waals surface area contributed by atoms with E-state index in [2.05, 4.69) is 15.4 Å². The van der Waals surface area contributed by atoms with E-state index in [1.807, 2.05) is 27.1 Å². The molecule has 2 aliphatic rings. The molecule has 1 aliphatic heterocycles. The summed E-state index contributed by atoms with van der Waals surface area (Å²) < 4.78 is 6.95. The highest BCUT2D eigenvalue weighted by Crippen LogP contribution is 2.38. The summed E-state index contributed by atoms with van der Waals surface area (Å²) in [5, 5.41) is 8.24. The number of thiophene rings is 1. The number of anilines is 1. The Bertz CT molecular complexity index is 1230. The first-order valence-electron chi connectivity index (χ1n) is 11.7. The fraction of sp³-hybridized carbons (Fsp3) is 0.458. The highest BCUT2D eigenvalue weighted by molar-refractivity contribution is 8.14. The third kappa shape index (κ3) is 5.35. The number of carbonyl (C=O) groups excluding carboxylic acids is 3. The van der Waals surface area contributed by atoms with Gasteiger partial charge in [-0.15, -0.1) is 11.3 Å². The number of amidine groups is 1. The van der Waals surface area contributed by atoms with Crippen molar-refractivity contribution in [1.82, 2.24) is 14.7 Å². The number of amides is 2. The number of aromatic nitrogens is 2. The van der Waals surface area contributed by atoms with Crippen LogP contribution in [-0.2, 0) is 34.2 Å². The first-order valence-corrected chi connectivity index (χ1v) is 13.5. The van der Waals surface area contributed by atoms with E-state index in [-0.39, 0.29) is 24.2 Å². The van der Waals surface area contributed by atoms with Crippen LogP contribution in [0.2, 0.25) is 0 Å². The molecule has 0 atom stereocenters. The molecule has 2 amide bonds. The number of thioether (sulfide) groups is 1. The summed E-state index contributed by atoms with van der Waals surface area (Å²) in [4.78, 5) is 45.5. The van der Waals surface area contributed by atoms with Crippen LogP contribution in [-0.4, -0.2) is 56.5 Å². The summed E-state index contributed by atoms with van der Waals surface area (Å²) in [5.41, 5.74) is 3.45. The number of likely N-dealkylation sites (N-methyl/N-ethyl adjacent to an activating group) is 1. The van der Waals surface area contributed by atoms with E-state index < -0.39 is 5.97 Å². The van der Waals surface area contributed by atoms with Gasteiger partial charge in [-0.25, -0.2) is 9.79 Å². The van der Waals surface area contributed by atoms with Gasteiger partial charge in [0, 0.05) is 30.2 Å². The number of hydrogen-bond acceptors (Lipinski definition) is 8. The monoisotopic (exact) mass is 515 g/mol. The van der Waals surface area contributed by atoms with Crippen molar-refractivity contribution in [2.24, 2.45) is 12.0 Å². The normalized spacial score (nSPS) is 16.5. The molecule has 1 aliphatic carbocycles. The topological polar surface area (TPSA) is 106 Å². The Morgan fingerprint density at radius 2 is 2.06 bits per heavy atom. The van der Waals surface area contributed by atoms with Crippen molar-refractivity contribution >= 4 is 57.1 Å². The fourth-order valence-corrected chi connectivity index (χ4v) is 6.35. The van der Waals surface area contributed by atoms with Gasteiger partial charge >= 0.3 is 5.97 Å². The second kappa shape index (κ2) is 10.8. The van der Waals surface area contributed by atoms with E-state index in [1.54, 1.807) is 22.6 Å². The van der Waals surface area contributed by atoms with Gasteiger partial charge in [0.1, 0.15) is 10.7 Å². The molecule has 3 heterocycles. The van der Waals surface area contributed by atoms with Crippen molar-refractivity contribution < 1.29 is 19.1 Å². The smallest absolute Gasteiger partial charge is 0.341 e. The third-order valence-corrected chi connectivity index (χ3v) is 7.99. The van der Waals surface area contributed by atoms with Crippen LogP contribution in [0.3, 0.4) is 0 Å². The van der Waals surface area contributed by atoms with E-state index >= 15 is 0 Å². The van der Waals surface area contributed by atoms with Gasteiger partial charge in [-0.3, -0.25) is 19.2 Å². The molecule has 9 nitrogen and oxygen atoms in total. The number of rotatable bonds is 7. The molecule has 11 heteroatoms. The van der Waals surface area contributed by atoms with E-state index in [0.717, 1.165) is 47.4 Å². The van der Waals surface area contributed by atoms with Crippen molar-refractivity contribution in [3.05, 3.63) is 39.2 Å². The van der Waals surface area contributed by atoms with Crippen LogP contribution in [0.1, 0.15) is 58.7 Å². The Morgan fingerprint density at radius 3 is 2.74 bits per heavy atom. The minimum Gasteiger partial charge on any atom is -0.462 e. The Morgan fingerprint density at radius 1 is 1.29 bits per heavy atom. The summed E-state index contributed by atoms with van der Waals surface area (Å²) in [7, 11) is 1.82. The van der Waals surface area contributed by atoms with Crippen LogP contribution in [0.5, 0.6) is 0 Å². The van der Waals surface area contributed by atoms with Gasteiger partial charge in [-0.1, -0.05) is 11.8 Å². The second-order valence-corrected chi connectivity index (χ2v) is 10.3. The molecule has 2 aromatic heterocycles. The standard InChI is InChI=1S/C24H29N5O4S2/c1-5-29-22(31)17(11-15-12-28(4)27-14(15)3)25-24(29)34-13-19(30)26-21-20(23(32)33-6-2)16-9-7-8-10-18(16)35-21/h11-12H,5-10,13H2,1-4H3,(H,26,30). The Balaban J connectivity index is 1.48. The summed E-state index contributed by atoms with van der Waals surface area (Å²) in [5.74, 6) is -0.787. The molecule has 0 fully saturated rings. The predicted molar refractivity (Wildman–Crippen MR) is 139 cm³/mol. The largest absolute Gasteiger partial charge is 0.462 e. The lowest BCUT2D eigenvalue weighted by molar-refractivity contribution is -0.122. The van der Waals surface area contributed by atoms with Crippen LogP contribution < -0.4 is 5.32 Å². The number of nitrogens with one attached hydrogen (secondary N) is 1. The summed E-state index contributed by atoms with van der Waals surface area (Å²) in [6, 6.07) is 0. The molecule has 2 aromatic rings. The van der Waals surface area contributed by atoms with Crippen LogP contribution in [0, 0.1) is 6.92 Å². The van der Waals surface area contributed by atoms with E-state index in [1.165, 1.54) is 23.1 Å². The lowest BCUT2D eigenvalue weighted by Gasteiger charge is -2.15. The zero-order valence-electron chi connectivity index (χ0n) is 20.3. The van der Waals surface area contributed by atoms with Crippen molar-refractivity contribution in [2.75, 3.05) is 24.2 Å². The van der Waals surface area contributed by atoms with Gasteiger partial charge in [0.25, 0.3) is 5.91 Å². The zero-order valence-corrected chi connectivity index (χ0v) is 22.0. The first kappa shape index (κ1) is 25.2. The van der Waals surface area contributed by atoms with Gasteiger partial charge in [0.15, 0.2) is 5.17 Å². The van der Waals surface area contributed by atoms with Crippen LogP contribution >= 0.6 is 23.1 Å². The molecule has 0 saturated carbocycles. The molecule has 0 spiro atoms. The first-order chi connectivity index (χ1) is 16.8. The summed E-state index contributed by atoms with van der Waals surface area (Å²) in [6.45, 7) is 6.24. The Labute approximate surface area is 212 Å². The number of carbonyl (C=O) groups is 3. The molecular weight excluding hydrogens is 486 g/mol. The van der Waals surface area contributed by atoms with Gasteiger partial charge in [0.05, 0.1) is 23.6 Å². The minimum atomic E-state index is -0.391. The summed E-state index contributed by atoms with van der Waals surface area (Å²) >= 11 is 2.66. The van der Waals surface area contributed by atoms with Crippen molar-refractivity contribution in [3.8, 4) is 0 Å². The third-order valence-electron chi connectivity index (χ3n) is 5.81. The number of nitrogens with zero attached hydrogens (tertiary/aromatic N) is 4. The molecule has 35 heavy (non-hydrogen) atoms. The number of hydrogen-bond donors (Lipinski definition) is 1. The maximum Gasteiger partial charge on any atom is 0.341 e. The number of aryl methyl sites for hydroxylation is 3. The highest BCUT2D eigenvalue weighted by atomic mass is 32.2. The average molecular weight is 516 g/mol. The van der Waals surface area contributed by atoms with E-state index in [0.29, 0.717) is 28.0 Å². The molecule has 4 rings (SSSR count). The maximum absolute atomic E-state index is 12.9. The van der Waals surface area contributed by atoms with Crippen molar-refractivity contribution in [1.29, 1.82) is 0 Å². The lowest BCUT2D eigenvalue weighted by atomic mass is 9.95. The number of aliphatic imine (C=N–C) groups is 1. The summed E-state index contributed by atoms with van der Waals surface area (Å²) in [6.07, 6.45) is 7.39. The van der Waals surface area contributed by atoms with Gasteiger partial charge in [-0.05, 0) is 58.1 Å². The van der Waals surface area contributed by atoms with Crippen LogP contribution in [0.25, 0.3) is 6.08 Å². The quantitative estimate of drug-likeness (QED) is 0.444. The highest BCUT2D eigenvalue weighted by Gasteiger charge is 2.31. The van der Waals surface area contributed by atoms with Gasteiger partial charge in [-0.2, -0.15) is 5.10 Å². The van der Waals surface area contributed by atoms with Crippen molar-refractivity contribution in [3.63, 3.8) is 0 Å². The Kier molecular flexibility index (Phi) is 7.75. The zero-order chi connectivity index (χ0) is 25.1. The molecule has 1 N–H and O–H groups in total. The van der Waals surface area contributed by atoms with Gasteiger partial charge in [0.2, 0.25) is 5.91 Å². The molecule has 186 valence electrons. The van der Waals surface area contributed by atoms with Crippen molar-refractivity contribution in [2.45, 2.75) is 46.5 Å². The second-order valence-electron chi connectivity index (χ2n) is 8.29. The number of fused-ring (bicyclic) bond motifs is 1. The molecule has 0 bridgehead atoms.